The van der Waals surface area contributed by atoms with E-state index < -0.39 is 0 Å². The highest BCUT2D eigenvalue weighted by molar-refractivity contribution is 5.47. The summed E-state index contributed by atoms with van der Waals surface area (Å²) in [6.45, 7) is 4.49. The topological polar surface area (TPSA) is 76.9 Å². The normalized spacial score (nSPS) is 19.6. The maximum atomic E-state index is 5.48. The maximum Gasteiger partial charge on any atom is 0.131 e. The summed E-state index contributed by atoms with van der Waals surface area (Å²) in [4.78, 5) is 8.56. The third kappa shape index (κ3) is 4.17. The molecule has 0 amide bonds. The predicted molar refractivity (Wildman–Crippen MR) is 84.8 cm³/mol. The lowest BCUT2D eigenvalue weighted by atomic mass is 10.1. The van der Waals surface area contributed by atoms with Crippen LogP contribution in [-0.4, -0.2) is 45.0 Å². The van der Waals surface area contributed by atoms with Gasteiger partial charge in [0.05, 0.1) is 19.2 Å². The molecule has 1 aliphatic heterocycles. The van der Waals surface area contributed by atoms with Crippen molar-refractivity contribution in [3.05, 3.63) is 30.9 Å². The van der Waals surface area contributed by atoms with Gasteiger partial charge in [-0.2, -0.15) is 5.10 Å². The molecule has 0 saturated carbocycles. The largest absolute Gasteiger partial charge is 0.379 e. The molecule has 118 valence electrons. The molecule has 7 heteroatoms. The number of anilines is 2. The van der Waals surface area contributed by atoms with E-state index in [1.165, 1.54) is 0 Å². The van der Waals surface area contributed by atoms with Crippen LogP contribution in [0.5, 0.6) is 0 Å². The number of ether oxygens (including phenoxy) is 1. The molecular formula is C15H22N6O. The number of aromatic nitrogens is 4. The Bertz CT molecular complexity index is 567. The van der Waals surface area contributed by atoms with Crippen molar-refractivity contribution in [1.82, 2.24) is 19.7 Å². The third-order valence-corrected chi connectivity index (χ3v) is 3.59. The van der Waals surface area contributed by atoms with Crippen molar-refractivity contribution in [2.45, 2.75) is 38.4 Å². The van der Waals surface area contributed by atoms with Gasteiger partial charge in [-0.3, -0.25) is 4.68 Å². The number of nitrogens with one attached hydrogen (secondary N) is 2. The zero-order valence-electron chi connectivity index (χ0n) is 12.8. The molecular weight excluding hydrogens is 280 g/mol. The minimum absolute atomic E-state index is 0.223. The van der Waals surface area contributed by atoms with Crippen molar-refractivity contribution in [2.24, 2.45) is 0 Å². The highest BCUT2D eigenvalue weighted by atomic mass is 16.5. The van der Waals surface area contributed by atoms with Crippen molar-refractivity contribution in [2.75, 3.05) is 23.8 Å². The van der Waals surface area contributed by atoms with Gasteiger partial charge in [-0.15, -0.1) is 0 Å². The van der Waals surface area contributed by atoms with Crippen molar-refractivity contribution < 1.29 is 4.74 Å². The van der Waals surface area contributed by atoms with E-state index in [4.69, 9.17) is 4.74 Å². The predicted octanol–water partition coefficient (Wildman–Crippen LogP) is 1.76. The highest BCUT2D eigenvalue weighted by Gasteiger charge is 2.14. The van der Waals surface area contributed by atoms with E-state index in [1.54, 1.807) is 12.5 Å². The van der Waals surface area contributed by atoms with Gasteiger partial charge in [0, 0.05) is 31.1 Å². The van der Waals surface area contributed by atoms with E-state index >= 15 is 0 Å². The Morgan fingerprint density at radius 2 is 2.32 bits per heavy atom. The van der Waals surface area contributed by atoms with Crippen LogP contribution in [0.1, 0.15) is 19.8 Å². The van der Waals surface area contributed by atoms with Gasteiger partial charge >= 0.3 is 0 Å². The molecule has 0 aliphatic carbocycles. The maximum absolute atomic E-state index is 5.48. The molecule has 0 bridgehead atoms. The summed E-state index contributed by atoms with van der Waals surface area (Å²) in [7, 11) is 0. The fourth-order valence-electron chi connectivity index (χ4n) is 2.57. The molecule has 2 atom stereocenters. The zero-order valence-corrected chi connectivity index (χ0v) is 12.8. The van der Waals surface area contributed by atoms with Gasteiger partial charge in [-0.1, -0.05) is 0 Å². The first kappa shape index (κ1) is 14.8. The lowest BCUT2D eigenvalue weighted by Crippen LogP contribution is -2.30. The molecule has 2 aromatic heterocycles. The monoisotopic (exact) mass is 302 g/mol. The molecule has 2 aromatic rings. The fourth-order valence-corrected chi connectivity index (χ4v) is 2.57. The summed E-state index contributed by atoms with van der Waals surface area (Å²) in [5, 5.41) is 11.0. The van der Waals surface area contributed by atoms with Crippen LogP contribution in [0, 0.1) is 0 Å². The summed E-state index contributed by atoms with van der Waals surface area (Å²) in [5.41, 5.74) is 0. The van der Waals surface area contributed by atoms with Gasteiger partial charge < -0.3 is 15.4 Å². The molecule has 1 fully saturated rings. The molecule has 22 heavy (non-hydrogen) atoms. The van der Waals surface area contributed by atoms with Gasteiger partial charge in [0.15, 0.2) is 0 Å². The van der Waals surface area contributed by atoms with Crippen LogP contribution in [-0.2, 0) is 11.3 Å². The summed E-state index contributed by atoms with van der Waals surface area (Å²) >= 11 is 0. The molecule has 0 radical (unpaired) electrons. The molecule has 0 aromatic carbocycles. The number of hydrogen-bond acceptors (Lipinski definition) is 6. The van der Waals surface area contributed by atoms with Crippen molar-refractivity contribution in [1.29, 1.82) is 0 Å². The average molecular weight is 302 g/mol. The summed E-state index contributed by atoms with van der Waals surface area (Å²) in [5.74, 6) is 1.65. The third-order valence-electron chi connectivity index (χ3n) is 3.59. The van der Waals surface area contributed by atoms with E-state index in [-0.39, 0.29) is 6.04 Å². The number of hydrogen-bond donors (Lipinski definition) is 2. The van der Waals surface area contributed by atoms with Gasteiger partial charge in [-0.25, -0.2) is 9.97 Å². The minimum Gasteiger partial charge on any atom is -0.379 e. The summed E-state index contributed by atoms with van der Waals surface area (Å²) in [6, 6.07) is 4.42. The molecule has 3 heterocycles. The lowest BCUT2D eigenvalue weighted by molar-refractivity contribution is 0.0875. The van der Waals surface area contributed by atoms with Crippen molar-refractivity contribution in [3.63, 3.8) is 0 Å². The quantitative estimate of drug-likeness (QED) is 0.847. The van der Waals surface area contributed by atoms with Gasteiger partial charge in [0.25, 0.3) is 0 Å². The molecule has 3 rings (SSSR count). The van der Waals surface area contributed by atoms with Crippen LogP contribution < -0.4 is 10.6 Å². The molecule has 0 spiro atoms. The Morgan fingerprint density at radius 3 is 3.09 bits per heavy atom. The summed E-state index contributed by atoms with van der Waals surface area (Å²) in [6.07, 6.45) is 7.52. The molecule has 1 aliphatic rings. The van der Waals surface area contributed by atoms with Crippen molar-refractivity contribution >= 4 is 11.6 Å². The smallest absolute Gasteiger partial charge is 0.131 e. The van der Waals surface area contributed by atoms with Crippen LogP contribution in [0.4, 0.5) is 11.6 Å². The first-order chi connectivity index (χ1) is 10.8. The second-order valence-corrected chi connectivity index (χ2v) is 5.62. The van der Waals surface area contributed by atoms with Gasteiger partial charge in [0.2, 0.25) is 0 Å². The second kappa shape index (κ2) is 7.22. The SMILES string of the molecule is C[C@H](Cn1cccn1)Nc1cc(N[C@H]2CCCOC2)ncn1. The highest BCUT2D eigenvalue weighted by Crippen LogP contribution is 2.15. The summed E-state index contributed by atoms with van der Waals surface area (Å²) < 4.78 is 7.38. The molecule has 1 saturated heterocycles. The lowest BCUT2D eigenvalue weighted by Gasteiger charge is -2.23. The Hall–Kier alpha value is -2.15. The van der Waals surface area contributed by atoms with E-state index in [0.717, 1.165) is 44.2 Å². The van der Waals surface area contributed by atoms with Crippen LogP contribution in [0.25, 0.3) is 0 Å². The van der Waals surface area contributed by atoms with Crippen LogP contribution in [0.2, 0.25) is 0 Å². The van der Waals surface area contributed by atoms with E-state index in [1.807, 2.05) is 23.0 Å². The zero-order chi connectivity index (χ0) is 15.2. The Balaban J connectivity index is 1.56. The first-order valence-electron chi connectivity index (χ1n) is 7.70. The molecule has 2 N–H and O–H groups in total. The minimum atomic E-state index is 0.223. The Kier molecular flexibility index (Phi) is 4.85. The molecule has 0 unspecified atom stereocenters. The standard InChI is InChI=1S/C15H22N6O/c1-12(9-21-6-3-5-18-21)19-14-8-15(17-11-16-14)20-13-4-2-7-22-10-13/h3,5-6,8,11-13H,2,4,7,9-10H2,1H3,(H2,16,17,19,20)/t12-,13+/m1/s1. The fraction of sp³-hybridized carbons (Fsp3) is 0.533. The van der Waals surface area contributed by atoms with E-state index in [0.29, 0.717) is 6.04 Å². The Labute approximate surface area is 130 Å². The Morgan fingerprint density at radius 1 is 1.41 bits per heavy atom. The molecule has 7 nitrogen and oxygen atoms in total. The van der Waals surface area contributed by atoms with Crippen LogP contribution in [0.3, 0.4) is 0 Å². The van der Waals surface area contributed by atoms with Gasteiger partial charge in [-0.05, 0) is 25.8 Å². The van der Waals surface area contributed by atoms with Crippen LogP contribution >= 0.6 is 0 Å². The number of rotatable bonds is 6. The average Bonchev–Trinajstić information content (AvgIpc) is 3.01. The van der Waals surface area contributed by atoms with Crippen molar-refractivity contribution in [3.8, 4) is 0 Å². The second-order valence-electron chi connectivity index (χ2n) is 5.62. The van der Waals surface area contributed by atoms with Crippen LogP contribution in [0.15, 0.2) is 30.9 Å². The number of nitrogens with zero attached hydrogens (tertiary/aromatic N) is 4. The van der Waals surface area contributed by atoms with E-state index in [2.05, 4.69) is 32.6 Å². The first-order valence-corrected chi connectivity index (χ1v) is 7.70. The van der Waals surface area contributed by atoms with Gasteiger partial charge in [0.1, 0.15) is 18.0 Å². The van der Waals surface area contributed by atoms with E-state index in [9.17, 15) is 0 Å².